The van der Waals surface area contributed by atoms with Crippen LogP contribution in [0.5, 0.6) is 0 Å². The Morgan fingerprint density at radius 2 is 1.95 bits per heavy atom. The molecule has 1 unspecified atom stereocenters. The molecule has 0 aliphatic rings. The summed E-state index contributed by atoms with van der Waals surface area (Å²) in [5.41, 5.74) is 2.09. The molecule has 0 aliphatic heterocycles. The number of aromatic nitrogens is 3. The van der Waals surface area contributed by atoms with Gasteiger partial charge in [-0.05, 0) is 19.4 Å². The summed E-state index contributed by atoms with van der Waals surface area (Å²) >= 11 is 6.26. The molecule has 110 valence electrons. The van der Waals surface area contributed by atoms with Crippen molar-refractivity contribution < 1.29 is 0 Å². The quantitative estimate of drug-likeness (QED) is 0.501. The molecule has 0 N–H and O–H groups in total. The summed E-state index contributed by atoms with van der Waals surface area (Å²) < 4.78 is 2.26. The SMILES string of the molecule is CCCCCCCCn1c(C(C)Cl)nc2cnccc21. The Kier molecular flexibility index (Phi) is 5.84. The Hall–Kier alpha value is -1.09. The van der Waals surface area contributed by atoms with Gasteiger partial charge in [-0.2, -0.15) is 0 Å². The molecule has 0 radical (unpaired) electrons. The molecule has 0 aromatic carbocycles. The first-order valence-corrected chi connectivity index (χ1v) is 8.12. The van der Waals surface area contributed by atoms with E-state index in [4.69, 9.17) is 11.6 Å². The van der Waals surface area contributed by atoms with Gasteiger partial charge in [0.25, 0.3) is 0 Å². The van der Waals surface area contributed by atoms with Gasteiger partial charge in [0.05, 0.1) is 17.1 Å². The number of rotatable bonds is 8. The maximum Gasteiger partial charge on any atom is 0.127 e. The van der Waals surface area contributed by atoms with Crippen LogP contribution >= 0.6 is 11.6 Å². The van der Waals surface area contributed by atoms with E-state index in [-0.39, 0.29) is 5.38 Å². The van der Waals surface area contributed by atoms with Gasteiger partial charge in [0.15, 0.2) is 0 Å². The van der Waals surface area contributed by atoms with Crippen LogP contribution in [0.1, 0.15) is 63.6 Å². The highest BCUT2D eigenvalue weighted by Crippen LogP contribution is 2.24. The number of hydrogen-bond donors (Lipinski definition) is 0. The van der Waals surface area contributed by atoms with Crippen molar-refractivity contribution in [1.29, 1.82) is 0 Å². The minimum absolute atomic E-state index is 0.0671. The van der Waals surface area contributed by atoms with E-state index in [1.54, 1.807) is 0 Å². The number of aryl methyl sites for hydroxylation is 1. The summed E-state index contributed by atoms with van der Waals surface area (Å²) in [5.74, 6) is 0.961. The van der Waals surface area contributed by atoms with Crippen LogP contribution in [0.2, 0.25) is 0 Å². The summed E-state index contributed by atoms with van der Waals surface area (Å²) in [7, 11) is 0. The summed E-state index contributed by atoms with van der Waals surface area (Å²) in [6.07, 6.45) is 11.4. The van der Waals surface area contributed by atoms with Gasteiger partial charge in [-0.25, -0.2) is 4.98 Å². The van der Waals surface area contributed by atoms with Gasteiger partial charge >= 0.3 is 0 Å². The van der Waals surface area contributed by atoms with Crippen LogP contribution in [0.25, 0.3) is 11.0 Å². The maximum absolute atomic E-state index is 6.26. The van der Waals surface area contributed by atoms with Crippen molar-refractivity contribution in [2.24, 2.45) is 0 Å². The number of unbranched alkanes of at least 4 members (excludes halogenated alkanes) is 5. The summed E-state index contributed by atoms with van der Waals surface area (Å²) in [5, 5.41) is -0.0671. The van der Waals surface area contributed by atoms with Crippen molar-refractivity contribution in [3.8, 4) is 0 Å². The van der Waals surface area contributed by atoms with Crippen LogP contribution in [0, 0.1) is 0 Å². The topological polar surface area (TPSA) is 30.7 Å². The predicted octanol–water partition coefficient (Wildman–Crippen LogP) is 5.09. The Balaban J connectivity index is 2.02. The van der Waals surface area contributed by atoms with E-state index in [9.17, 15) is 0 Å². The lowest BCUT2D eigenvalue weighted by Crippen LogP contribution is -2.04. The van der Waals surface area contributed by atoms with E-state index in [1.807, 2.05) is 25.4 Å². The van der Waals surface area contributed by atoms with E-state index in [2.05, 4.69) is 21.5 Å². The average molecular weight is 294 g/mol. The molecule has 0 saturated carbocycles. The average Bonchev–Trinajstić information content (AvgIpc) is 2.82. The lowest BCUT2D eigenvalue weighted by atomic mass is 10.1. The van der Waals surface area contributed by atoms with Crippen LogP contribution in [-0.4, -0.2) is 14.5 Å². The van der Waals surface area contributed by atoms with Crippen LogP contribution in [-0.2, 0) is 6.54 Å². The molecule has 0 aliphatic carbocycles. The van der Waals surface area contributed by atoms with Gasteiger partial charge in [-0.15, -0.1) is 11.6 Å². The monoisotopic (exact) mass is 293 g/mol. The Labute approximate surface area is 126 Å². The highest BCUT2D eigenvalue weighted by molar-refractivity contribution is 6.20. The standard InChI is InChI=1S/C16H24ClN3/c1-3-4-5-6-7-8-11-20-15-9-10-18-12-14(15)19-16(20)13(2)17/h9-10,12-13H,3-8,11H2,1-2H3. The molecule has 3 nitrogen and oxygen atoms in total. The highest BCUT2D eigenvalue weighted by atomic mass is 35.5. The maximum atomic E-state index is 6.26. The molecular formula is C16H24ClN3. The Bertz CT molecular complexity index is 534. The fraction of sp³-hybridized carbons (Fsp3) is 0.625. The molecule has 2 rings (SSSR count). The Morgan fingerprint density at radius 3 is 2.70 bits per heavy atom. The van der Waals surface area contributed by atoms with Crippen molar-refractivity contribution in [3.63, 3.8) is 0 Å². The normalized spacial score (nSPS) is 12.9. The third-order valence-electron chi connectivity index (χ3n) is 3.67. The summed E-state index contributed by atoms with van der Waals surface area (Å²) in [4.78, 5) is 8.75. The van der Waals surface area contributed by atoms with Crippen molar-refractivity contribution in [2.75, 3.05) is 0 Å². The van der Waals surface area contributed by atoms with Crippen molar-refractivity contribution >= 4 is 22.6 Å². The molecule has 20 heavy (non-hydrogen) atoms. The second-order valence-electron chi connectivity index (χ2n) is 5.37. The zero-order valence-corrected chi connectivity index (χ0v) is 13.2. The lowest BCUT2D eigenvalue weighted by molar-refractivity contribution is 0.553. The van der Waals surface area contributed by atoms with Crippen molar-refractivity contribution in [2.45, 2.75) is 64.3 Å². The Morgan fingerprint density at radius 1 is 1.20 bits per heavy atom. The molecule has 0 fully saturated rings. The van der Waals surface area contributed by atoms with Crippen LogP contribution in [0.15, 0.2) is 18.5 Å². The first-order valence-electron chi connectivity index (χ1n) is 7.68. The number of pyridine rings is 1. The van der Waals surface area contributed by atoms with Gasteiger partial charge in [-0.1, -0.05) is 39.0 Å². The predicted molar refractivity (Wildman–Crippen MR) is 85.2 cm³/mol. The third-order valence-corrected chi connectivity index (χ3v) is 3.87. The van der Waals surface area contributed by atoms with Gasteiger partial charge in [-0.3, -0.25) is 4.98 Å². The van der Waals surface area contributed by atoms with Crippen molar-refractivity contribution in [3.05, 3.63) is 24.3 Å². The largest absolute Gasteiger partial charge is 0.327 e. The second-order valence-corrected chi connectivity index (χ2v) is 6.02. The number of alkyl halides is 1. The third kappa shape index (κ3) is 3.72. The molecule has 0 amide bonds. The van der Waals surface area contributed by atoms with E-state index >= 15 is 0 Å². The minimum Gasteiger partial charge on any atom is -0.327 e. The molecule has 4 heteroatoms. The fourth-order valence-corrected chi connectivity index (χ4v) is 2.76. The van der Waals surface area contributed by atoms with Crippen LogP contribution in [0.4, 0.5) is 0 Å². The fourth-order valence-electron chi connectivity index (χ4n) is 2.59. The van der Waals surface area contributed by atoms with E-state index in [1.165, 1.54) is 38.5 Å². The summed E-state index contributed by atoms with van der Waals surface area (Å²) in [6.45, 7) is 5.23. The first kappa shape index (κ1) is 15.3. The molecule has 0 bridgehead atoms. The van der Waals surface area contributed by atoms with Crippen LogP contribution < -0.4 is 0 Å². The molecule has 0 spiro atoms. The van der Waals surface area contributed by atoms with Crippen molar-refractivity contribution in [1.82, 2.24) is 14.5 Å². The molecule has 2 heterocycles. The number of hydrogen-bond acceptors (Lipinski definition) is 2. The smallest absolute Gasteiger partial charge is 0.127 e. The number of fused-ring (bicyclic) bond motifs is 1. The first-order chi connectivity index (χ1) is 9.74. The number of nitrogens with zero attached hydrogens (tertiary/aromatic N) is 3. The zero-order chi connectivity index (χ0) is 14.4. The van der Waals surface area contributed by atoms with E-state index in [0.717, 1.165) is 23.4 Å². The van der Waals surface area contributed by atoms with E-state index in [0.29, 0.717) is 0 Å². The highest BCUT2D eigenvalue weighted by Gasteiger charge is 2.14. The molecule has 1 atom stereocenters. The van der Waals surface area contributed by atoms with Gasteiger partial charge in [0.2, 0.25) is 0 Å². The summed E-state index contributed by atoms with van der Waals surface area (Å²) in [6, 6.07) is 2.03. The number of halogens is 1. The second kappa shape index (κ2) is 7.63. The molecule has 2 aromatic rings. The molecule has 2 aromatic heterocycles. The molecular weight excluding hydrogens is 270 g/mol. The van der Waals surface area contributed by atoms with Gasteiger partial charge in [0.1, 0.15) is 11.3 Å². The minimum atomic E-state index is -0.0671. The van der Waals surface area contributed by atoms with Gasteiger partial charge in [0, 0.05) is 12.7 Å². The number of imidazole rings is 1. The van der Waals surface area contributed by atoms with E-state index < -0.39 is 0 Å². The lowest BCUT2D eigenvalue weighted by Gasteiger charge is -2.10. The van der Waals surface area contributed by atoms with Gasteiger partial charge < -0.3 is 4.57 Å². The van der Waals surface area contributed by atoms with Crippen LogP contribution in [0.3, 0.4) is 0 Å². The molecule has 0 saturated heterocycles. The zero-order valence-electron chi connectivity index (χ0n) is 12.5.